The molecule has 17 heavy (non-hydrogen) atoms. The maximum absolute atomic E-state index is 9.72. The molecule has 0 amide bonds. The van der Waals surface area contributed by atoms with E-state index in [0.717, 1.165) is 44.9 Å². The van der Waals surface area contributed by atoms with Crippen molar-refractivity contribution in [1.29, 1.82) is 0 Å². The predicted molar refractivity (Wildman–Crippen MR) is 74.1 cm³/mol. The van der Waals surface area contributed by atoms with E-state index in [1.54, 1.807) is 0 Å². The Morgan fingerprint density at radius 2 is 1.29 bits per heavy atom. The molecule has 2 heteroatoms. The largest absolute Gasteiger partial charge is 0.393 e. The predicted octanol–water partition coefficient (Wildman–Crippen LogP) is 3.90. The second-order valence-electron chi connectivity index (χ2n) is 5.60. The van der Waals surface area contributed by atoms with Crippen LogP contribution in [0.5, 0.6) is 0 Å². The lowest BCUT2D eigenvalue weighted by atomic mass is 9.99. The zero-order valence-corrected chi connectivity index (χ0v) is 12.0. The molecule has 0 aliphatic carbocycles. The lowest BCUT2D eigenvalue weighted by Crippen LogP contribution is -2.14. The summed E-state index contributed by atoms with van der Waals surface area (Å²) in [6.45, 7) is 6.30. The fourth-order valence-electron chi connectivity index (χ4n) is 2.02. The minimum Gasteiger partial charge on any atom is -0.393 e. The van der Waals surface area contributed by atoms with Crippen molar-refractivity contribution in [2.45, 2.75) is 90.8 Å². The molecule has 0 aliphatic heterocycles. The van der Waals surface area contributed by atoms with E-state index in [-0.39, 0.29) is 12.2 Å². The van der Waals surface area contributed by atoms with Crippen molar-refractivity contribution < 1.29 is 10.2 Å². The van der Waals surface area contributed by atoms with Gasteiger partial charge in [-0.05, 0) is 25.2 Å². The van der Waals surface area contributed by atoms with Crippen LogP contribution in [0.25, 0.3) is 0 Å². The van der Waals surface area contributed by atoms with Crippen molar-refractivity contribution in [2.75, 3.05) is 0 Å². The van der Waals surface area contributed by atoms with Crippen molar-refractivity contribution in [3.05, 3.63) is 0 Å². The van der Waals surface area contributed by atoms with Gasteiger partial charge in [-0.2, -0.15) is 0 Å². The Kier molecular flexibility index (Phi) is 11.0. The fourth-order valence-corrected chi connectivity index (χ4v) is 2.02. The lowest BCUT2D eigenvalue weighted by molar-refractivity contribution is 0.111. The third-order valence-corrected chi connectivity index (χ3v) is 3.45. The Morgan fingerprint density at radius 3 is 1.82 bits per heavy atom. The average Bonchev–Trinajstić information content (AvgIpc) is 2.28. The molecule has 0 aromatic carbocycles. The molecule has 0 aromatic heterocycles. The Balaban J connectivity index is 3.27. The highest BCUT2D eigenvalue weighted by atomic mass is 16.3. The van der Waals surface area contributed by atoms with Crippen LogP contribution in [0.1, 0.15) is 78.6 Å². The summed E-state index contributed by atoms with van der Waals surface area (Å²) in [5.74, 6) is 0.370. The van der Waals surface area contributed by atoms with Crippen LogP contribution >= 0.6 is 0 Å². The van der Waals surface area contributed by atoms with E-state index in [9.17, 15) is 10.2 Å². The molecule has 2 nitrogen and oxygen atoms in total. The van der Waals surface area contributed by atoms with Gasteiger partial charge >= 0.3 is 0 Å². The molecular formula is C15H32O2. The Morgan fingerprint density at radius 1 is 0.765 bits per heavy atom. The molecule has 0 aliphatic rings. The molecule has 2 N–H and O–H groups in total. The topological polar surface area (TPSA) is 40.5 Å². The first kappa shape index (κ1) is 16.9. The molecule has 2 atom stereocenters. The molecule has 0 bridgehead atoms. The Labute approximate surface area is 107 Å². The SMILES string of the molecule is CCCCC[C@@H](O)CCCCC[C@@H](O)C(C)C. The smallest absolute Gasteiger partial charge is 0.0563 e. The first-order chi connectivity index (χ1) is 8.07. The van der Waals surface area contributed by atoms with Crippen molar-refractivity contribution >= 4 is 0 Å². The maximum atomic E-state index is 9.72. The van der Waals surface area contributed by atoms with E-state index < -0.39 is 0 Å². The van der Waals surface area contributed by atoms with Crippen molar-refractivity contribution in [1.82, 2.24) is 0 Å². The molecule has 0 saturated carbocycles. The van der Waals surface area contributed by atoms with Crippen LogP contribution < -0.4 is 0 Å². The van der Waals surface area contributed by atoms with Crippen LogP contribution in [0.4, 0.5) is 0 Å². The summed E-state index contributed by atoms with van der Waals surface area (Å²) in [5, 5.41) is 19.4. The maximum Gasteiger partial charge on any atom is 0.0563 e. The standard InChI is InChI=1S/C15H32O2/c1-4-5-7-10-14(16)11-8-6-9-12-15(17)13(2)3/h13-17H,4-12H2,1-3H3/t14-,15-/m1/s1. The Bertz CT molecular complexity index is 157. The highest BCUT2D eigenvalue weighted by Crippen LogP contribution is 2.14. The van der Waals surface area contributed by atoms with Gasteiger partial charge in [0.15, 0.2) is 0 Å². The van der Waals surface area contributed by atoms with Crippen molar-refractivity contribution in [3.63, 3.8) is 0 Å². The summed E-state index contributed by atoms with van der Waals surface area (Å²) in [4.78, 5) is 0. The van der Waals surface area contributed by atoms with Gasteiger partial charge in [-0.15, -0.1) is 0 Å². The number of rotatable bonds is 11. The number of hydrogen-bond acceptors (Lipinski definition) is 2. The summed E-state index contributed by atoms with van der Waals surface area (Å²) in [6.07, 6.45) is 9.48. The molecule has 104 valence electrons. The monoisotopic (exact) mass is 244 g/mol. The zero-order valence-electron chi connectivity index (χ0n) is 12.0. The highest BCUT2D eigenvalue weighted by molar-refractivity contribution is 4.61. The number of hydrogen-bond donors (Lipinski definition) is 2. The van der Waals surface area contributed by atoms with Crippen molar-refractivity contribution in [2.24, 2.45) is 5.92 Å². The molecule has 0 radical (unpaired) electrons. The van der Waals surface area contributed by atoms with Crippen LogP contribution in [0.15, 0.2) is 0 Å². The van der Waals surface area contributed by atoms with Crippen LogP contribution in [-0.4, -0.2) is 22.4 Å². The second-order valence-corrected chi connectivity index (χ2v) is 5.60. The normalized spacial score (nSPS) is 15.2. The lowest BCUT2D eigenvalue weighted by Gasteiger charge is -2.14. The molecule has 0 unspecified atom stereocenters. The van der Waals surface area contributed by atoms with Gasteiger partial charge in [0.05, 0.1) is 12.2 Å². The summed E-state index contributed by atoms with van der Waals surface area (Å²) in [7, 11) is 0. The van der Waals surface area contributed by atoms with Crippen LogP contribution in [0.3, 0.4) is 0 Å². The quantitative estimate of drug-likeness (QED) is 0.541. The highest BCUT2D eigenvalue weighted by Gasteiger charge is 2.08. The summed E-state index contributed by atoms with van der Waals surface area (Å²) < 4.78 is 0. The van der Waals surface area contributed by atoms with Gasteiger partial charge in [0, 0.05) is 0 Å². The van der Waals surface area contributed by atoms with Gasteiger partial charge in [-0.25, -0.2) is 0 Å². The second kappa shape index (κ2) is 11.0. The van der Waals surface area contributed by atoms with E-state index in [4.69, 9.17) is 0 Å². The van der Waals surface area contributed by atoms with E-state index >= 15 is 0 Å². The Hall–Kier alpha value is -0.0800. The third kappa shape index (κ3) is 10.8. The van der Waals surface area contributed by atoms with Crippen LogP contribution in [0.2, 0.25) is 0 Å². The van der Waals surface area contributed by atoms with Gasteiger partial charge < -0.3 is 10.2 Å². The van der Waals surface area contributed by atoms with Gasteiger partial charge in [-0.1, -0.05) is 59.3 Å². The minimum atomic E-state index is -0.149. The first-order valence-electron chi connectivity index (χ1n) is 7.44. The zero-order chi connectivity index (χ0) is 13.1. The fraction of sp³-hybridized carbons (Fsp3) is 1.00. The molecular weight excluding hydrogens is 212 g/mol. The molecule has 0 spiro atoms. The summed E-state index contributed by atoms with van der Waals surface area (Å²) in [5.41, 5.74) is 0. The molecule has 0 heterocycles. The average molecular weight is 244 g/mol. The van der Waals surface area contributed by atoms with Crippen LogP contribution in [-0.2, 0) is 0 Å². The van der Waals surface area contributed by atoms with Gasteiger partial charge in [0.1, 0.15) is 0 Å². The number of aliphatic hydroxyl groups excluding tert-OH is 2. The van der Waals surface area contributed by atoms with E-state index in [1.807, 2.05) is 0 Å². The van der Waals surface area contributed by atoms with Gasteiger partial charge in [0.2, 0.25) is 0 Å². The first-order valence-corrected chi connectivity index (χ1v) is 7.44. The third-order valence-electron chi connectivity index (χ3n) is 3.45. The van der Waals surface area contributed by atoms with E-state index in [2.05, 4.69) is 20.8 Å². The van der Waals surface area contributed by atoms with Crippen molar-refractivity contribution in [3.8, 4) is 0 Å². The molecule has 0 rings (SSSR count). The molecule has 0 saturated heterocycles. The molecule has 0 fully saturated rings. The van der Waals surface area contributed by atoms with Gasteiger partial charge in [-0.3, -0.25) is 0 Å². The number of aliphatic hydroxyl groups is 2. The minimum absolute atomic E-state index is 0.100. The summed E-state index contributed by atoms with van der Waals surface area (Å²) in [6, 6.07) is 0. The van der Waals surface area contributed by atoms with E-state index in [1.165, 1.54) is 12.8 Å². The van der Waals surface area contributed by atoms with Crippen LogP contribution in [0, 0.1) is 5.92 Å². The number of unbranched alkanes of at least 4 members (excludes halogenated alkanes) is 4. The summed E-state index contributed by atoms with van der Waals surface area (Å²) >= 11 is 0. The molecule has 0 aromatic rings. The van der Waals surface area contributed by atoms with Gasteiger partial charge in [0.25, 0.3) is 0 Å². The van der Waals surface area contributed by atoms with E-state index in [0.29, 0.717) is 5.92 Å².